The summed E-state index contributed by atoms with van der Waals surface area (Å²) in [4.78, 5) is 1.71. The Bertz CT molecular complexity index is 415. The molecule has 0 spiro atoms. The highest BCUT2D eigenvalue weighted by Gasteiger charge is 2.10. The summed E-state index contributed by atoms with van der Waals surface area (Å²) in [6, 6.07) is 1.57. The van der Waals surface area contributed by atoms with Crippen molar-refractivity contribution >= 4 is 28.9 Å². The van der Waals surface area contributed by atoms with Crippen LogP contribution in [0.4, 0.5) is 5.69 Å². The summed E-state index contributed by atoms with van der Waals surface area (Å²) in [5, 5.41) is 7.73. The number of anilines is 1. The highest BCUT2D eigenvalue weighted by molar-refractivity contribution is 6.33. The van der Waals surface area contributed by atoms with Crippen LogP contribution in [0.3, 0.4) is 0 Å². The van der Waals surface area contributed by atoms with Gasteiger partial charge in [0.05, 0.1) is 18.8 Å². The first-order valence-corrected chi connectivity index (χ1v) is 4.75. The molecule has 0 amide bonds. The molecule has 5 heteroatoms. The van der Waals surface area contributed by atoms with Gasteiger partial charge in [-0.3, -0.25) is 0 Å². The Kier molecular flexibility index (Phi) is 4.24. The Balaban J connectivity index is 3.06. The minimum atomic E-state index is 0.227. The number of hydrogen-bond acceptors (Lipinski definition) is 3. The van der Waals surface area contributed by atoms with E-state index in [9.17, 15) is 0 Å². The van der Waals surface area contributed by atoms with Crippen molar-refractivity contribution in [2.75, 3.05) is 18.0 Å². The Morgan fingerprint density at radius 3 is 2.33 bits per heavy atom. The van der Waals surface area contributed by atoms with E-state index in [0.29, 0.717) is 18.8 Å². The van der Waals surface area contributed by atoms with Crippen LogP contribution < -0.4 is 4.90 Å². The molecule has 0 radical (unpaired) electrons. The van der Waals surface area contributed by atoms with E-state index in [2.05, 4.69) is 22.0 Å². The normalized spacial score (nSPS) is 9.07. The molecule has 0 N–H and O–H groups in total. The van der Waals surface area contributed by atoms with E-state index in [-0.39, 0.29) is 10.3 Å². The lowest BCUT2D eigenvalue weighted by molar-refractivity contribution is 0.948. The summed E-state index contributed by atoms with van der Waals surface area (Å²) >= 11 is 11.6. The summed E-state index contributed by atoms with van der Waals surface area (Å²) in [5.74, 6) is 4.96. The molecular formula is C10H7Cl2N3. The van der Waals surface area contributed by atoms with Crippen molar-refractivity contribution in [1.29, 1.82) is 0 Å². The standard InChI is InChI=1S/C10H7Cl2N3/c1-3-5-15(6-4-2)8-7-9(11)13-14-10(8)12/h1-2,7H,5-6H2. The van der Waals surface area contributed by atoms with Gasteiger partial charge in [-0.15, -0.1) is 23.0 Å². The monoisotopic (exact) mass is 239 g/mol. The van der Waals surface area contributed by atoms with Crippen molar-refractivity contribution in [2.24, 2.45) is 0 Å². The highest BCUT2D eigenvalue weighted by Crippen LogP contribution is 2.24. The topological polar surface area (TPSA) is 29.0 Å². The second-order valence-electron chi connectivity index (χ2n) is 2.61. The van der Waals surface area contributed by atoms with Crippen LogP contribution in [0.25, 0.3) is 0 Å². The van der Waals surface area contributed by atoms with Gasteiger partial charge in [0.2, 0.25) is 0 Å². The largest absolute Gasteiger partial charge is 0.347 e. The van der Waals surface area contributed by atoms with Gasteiger partial charge in [-0.05, 0) is 0 Å². The Morgan fingerprint density at radius 1 is 1.20 bits per heavy atom. The van der Waals surface area contributed by atoms with Gasteiger partial charge in [0.1, 0.15) is 0 Å². The van der Waals surface area contributed by atoms with Gasteiger partial charge in [0, 0.05) is 6.07 Å². The van der Waals surface area contributed by atoms with Crippen molar-refractivity contribution in [3.8, 4) is 24.7 Å². The van der Waals surface area contributed by atoms with E-state index >= 15 is 0 Å². The molecule has 0 atom stereocenters. The second-order valence-corrected chi connectivity index (χ2v) is 3.35. The van der Waals surface area contributed by atoms with E-state index in [1.807, 2.05) is 0 Å². The van der Waals surface area contributed by atoms with Crippen LogP contribution in [0.1, 0.15) is 0 Å². The molecule has 0 aliphatic heterocycles. The summed E-state index contributed by atoms with van der Waals surface area (Å²) in [7, 11) is 0. The molecule has 0 aromatic carbocycles. The summed E-state index contributed by atoms with van der Waals surface area (Å²) in [5.41, 5.74) is 0.590. The fourth-order valence-corrected chi connectivity index (χ4v) is 1.37. The lowest BCUT2D eigenvalue weighted by Gasteiger charge is -2.19. The molecule has 0 fully saturated rings. The maximum absolute atomic E-state index is 5.85. The third-order valence-electron chi connectivity index (χ3n) is 1.61. The lowest BCUT2D eigenvalue weighted by Crippen LogP contribution is -2.24. The van der Waals surface area contributed by atoms with Crippen molar-refractivity contribution in [2.45, 2.75) is 0 Å². The van der Waals surface area contributed by atoms with Gasteiger partial charge < -0.3 is 4.90 Å². The fraction of sp³-hybridized carbons (Fsp3) is 0.200. The predicted molar refractivity (Wildman–Crippen MR) is 61.9 cm³/mol. The van der Waals surface area contributed by atoms with Crippen LogP contribution in [0.15, 0.2) is 6.07 Å². The summed E-state index contributed by atoms with van der Waals surface area (Å²) in [6.07, 6.45) is 10.4. The molecule has 3 nitrogen and oxygen atoms in total. The maximum Gasteiger partial charge on any atom is 0.175 e. The SMILES string of the molecule is C#CCN(CC#C)c1cc(Cl)nnc1Cl. The molecule has 0 unspecified atom stereocenters. The van der Waals surface area contributed by atoms with Crippen molar-refractivity contribution in [3.05, 3.63) is 16.4 Å². The first-order chi connectivity index (χ1) is 7.19. The van der Waals surface area contributed by atoms with Gasteiger partial charge in [-0.1, -0.05) is 35.0 Å². The molecule has 1 rings (SSSR count). The Morgan fingerprint density at radius 2 is 1.80 bits per heavy atom. The van der Waals surface area contributed by atoms with Crippen LogP contribution in [-0.4, -0.2) is 23.3 Å². The first-order valence-electron chi connectivity index (χ1n) is 3.99. The Hall–Kier alpha value is -1.42. The molecule has 1 aromatic heterocycles. The third-order valence-corrected chi connectivity index (χ3v) is 2.06. The zero-order valence-corrected chi connectivity index (χ0v) is 9.26. The molecule has 0 saturated heterocycles. The first kappa shape index (κ1) is 11.7. The van der Waals surface area contributed by atoms with E-state index < -0.39 is 0 Å². The quantitative estimate of drug-likeness (QED) is 0.755. The molecule has 0 saturated carbocycles. The van der Waals surface area contributed by atoms with Gasteiger partial charge in [-0.2, -0.15) is 0 Å². The lowest BCUT2D eigenvalue weighted by atomic mass is 10.3. The molecule has 0 bridgehead atoms. The highest BCUT2D eigenvalue weighted by atomic mass is 35.5. The third kappa shape index (κ3) is 3.02. The van der Waals surface area contributed by atoms with Crippen LogP contribution in [0.2, 0.25) is 10.3 Å². The van der Waals surface area contributed by atoms with Gasteiger partial charge in [0.15, 0.2) is 10.3 Å². The van der Waals surface area contributed by atoms with Crippen LogP contribution in [0.5, 0.6) is 0 Å². The zero-order valence-electron chi connectivity index (χ0n) is 7.74. The number of rotatable bonds is 3. The van der Waals surface area contributed by atoms with Gasteiger partial charge in [0.25, 0.3) is 0 Å². The van der Waals surface area contributed by atoms with Crippen molar-refractivity contribution < 1.29 is 0 Å². The number of terminal acetylenes is 2. The fourth-order valence-electron chi connectivity index (χ4n) is 1.01. The van der Waals surface area contributed by atoms with Crippen molar-refractivity contribution in [1.82, 2.24) is 10.2 Å². The van der Waals surface area contributed by atoms with E-state index in [1.165, 1.54) is 0 Å². The minimum Gasteiger partial charge on any atom is -0.347 e. The predicted octanol–water partition coefficient (Wildman–Crippen LogP) is 1.86. The number of halogens is 2. The van der Waals surface area contributed by atoms with Crippen molar-refractivity contribution in [3.63, 3.8) is 0 Å². The van der Waals surface area contributed by atoms with Crippen LogP contribution in [-0.2, 0) is 0 Å². The second kappa shape index (κ2) is 5.46. The molecule has 76 valence electrons. The Labute approximate surface area is 98.4 Å². The average Bonchev–Trinajstić information content (AvgIpc) is 2.21. The smallest absolute Gasteiger partial charge is 0.175 e. The van der Waals surface area contributed by atoms with E-state index in [0.717, 1.165) is 0 Å². The molecule has 0 aliphatic carbocycles. The molecule has 0 aliphatic rings. The minimum absolute atomic E-state index is 0.227. The number of hydrogen-bond donors (Lipinski definition) is 0. The molecule has 1 heterocycles. The number of nitrogens with zero attached hydrogens (tertiary/aromatic N) is 3. The summed E-state index contributed by atoms with van der Waals surface area (Å²) < 4.78 is 0. The van der Waals surface area contributed by atoms with Gasteiger partial charge in [-0.25, -0.2) is 0 Å². The molecular weight excluding hydrogens is 233 g/mol. The molecule has 1 aromatic rings. The molecule has 15 heavy (non-hydrogen) atoms. The van der Waals surface area contributed by atoms with E-state index in [4.69, 9.17) is 36.0 Å². The van der Waals surface area contributed by atoms with Crippen LogP contribution >= 0.6 is 23.2 Å². The maximum atomic E-state index is 5.85. The summed E-state index contributed by atoms with van der Waals surface area (Å²) in [6.45, 7) is 0.678. The average molecular weight is 240 g/mol. The van der Waals surface area contributed by atoms with E-state index in [1.54, 1.807) is 11.0 Å². The van der Waals surface area contributed by atoms with Crippen LogP contribution in [0, 0.1) is 24.7 Å². The van der Waals surface area contributed by atoms with Gasteiger partial charge >= 0.3 is 0 Å². The number of aromatic nitrogens is 2. The zero-order chi connectivity index (χ0) is 11.3.